The first-order chi connectivity index (χ1) is 7.70. The van der Waals surface area contributed by atoms with Gasteiger partial charge in [-0.15, -0.1) is 0 Å². The molecular weight excluding hydrogens is 200 g/mol. The van der Waals surface area contributed by atoms with Crippen molar-refractivity contribution in [3.8, 4) is 0 Å². The average Bonchev–Trinajstić information content (AvgIpc) is 2.50. The van der Waals surface area contributed by atoms with E-state index in [1.807, 2.05) is 36.9 Å². The van der Waals surface area contributed by atoms with Crippen LogP contribution >= 0.6 is 0 Å². The van der Waals surface area contributed by atoms with Gasteiger partial charge in [-0.2, -0.15) is 0 Å². The highest BCUT2D eigenvalue weighted by molar-refractivity contribution is 5.95. The Bertz CT molecular complexity index is 387. The van der Waals surface area contributed by atoms with Gasteiger partial charge in [-0.25, -0.2) is 0 Å². The lowest BCUT2D eigenvalue weighted by Gasteiger charge is -2.24. The molecule has 1 amide bonds. The lowest BCUT2D eigenvalue weighted by atomic mass is 10.1. The maximum Gasteiger partial charge on any atom is 0.229 e. The highest BCUT2D eigenvalue weighted by Gasteiger charge is 2.22. The fraction of sp³-hybridized carbons (Fsp3) is 0.462. The van der Waals surface area contributed by atoms with Crippen molar-refractivity contribution in [2.45, 2.75) is 20.4 Å². The molecule has 1 N–H and O–H groups in total. The summed E-state index contributed by atoms with van der Waals surface area (Å²) in [4.78, 5) is 14.0. The number of carbonyl (C=O) groups is 1. The van der Waals surface area contributed by atoms with Gasteiger partial charge in [0.2, 0.25) is 5.91 Å². The fourth-order valence-electron chi connectivity index (χ4n) is 2.00. The zero-order valence-electron chi connectivity index (χ0n) is 9.86. The smallest absolute Gasteiger partial charge is 0.229 e. The Morgan fingerprint density at radius 3 is 2.88 bits per heavy atom. The van der Waals surface area contributed by atoms with Crippen molar-refractivity contribution in [1.29, 1.82) is 0 Å². The molecule has 0 saturated carbocycles. The summed E-state index contributed by atoms with van der Waals surface area (Å²) >= 11 is 0. The van der Waals surface area contributed by atoms with Crippen molar-refractivity contribution in [2.24, 2.45) is 5.92 Å². The monoisotopic (exact) mass is 218 g/mol. The Morgan fingerprint density at radius 1 is 1.38 bits per heavy atom. The first kappa shape index (κ1) is 11.1. The van der Waals surface area contributed by atoms with Crippen LogP contribution in [0, 0.1) is 5.92 Å². The third-order valence-electron chi connectivity index (χ3n) is 2.87. The van der Waals surface area contributed by atoms with Gasteiger partial charge in [0.25, 0.3) is 0 Å². The summed E-state index contributed by atoms with van der Waals surface area (Å²) in [5.41, 5.74) is 2.26. The first-order valence-corrected chi connectivity index (χ1v) is 5.80. The summed E-state index contributed by atoms with van der Waals surface area (Å²) in [6, 6.07) is 8.12. The third kappa shape index (κ3) is 2.09. The summed E-state index contributed by atoms with van der Waals surface area (Å²) < 4.78 is 0. The number of hydrogen-bond donors (Lipinski definition) is 1. The fourth-order valence-corrected chi connectivity index (χ4v) is 2.00. The minimum Gasteiger partial charge on any atom is -0.311 e. The van der Waals surface area contributed by atoms with Crippen molar-refractivity contribution in [1.82, 2.24) is 5.32 Å². The molecule has 0 radical (unpaired) electrons. The van der Waals surface area contributed by atoms with Gasteiger partial charge in [0.1, 0.15) is 0 Å². The van der Waals surface area contributed by atoms with E-state index >= 15 is 0 Å². The average molecular weight is 218 g/mol. The number of nitrogens with one attached hydrogen (secondary N) is 1. The molecular formula is C13H18N2O. The number of anilines is 1. The van der Waals surface area contributed by atoms with E-state index in [-0.39, 0.29) is 11.8 Å². The predicted molar refractivity (Wildman–Crippen MR) is 65.3 cm³/mol. The van der Waals surface area contributed by atoms with Crippen LogP contribution in [0.15, 0.2) is 24.3 Å². The van der Waals surface area contributed by atoms with E-state index in [9.17, 15) is 4.79 Å². The molecule has 0 fully saturated rings. The van der Waals surface area contributed by atoms with Crippen LogP contribution in [-0.2, 0) is 11.3 Å². The van der Waals surface area contributed by atoms with Gasteiger partial charge in [0, 0.05) is 31.2 Å². The number of para-hydroxylation sites is 1. The molecule has 16 heavy (non-hydrogen) atoms. The minimum absolute atomic E-state index is 0.0474. The number of carbonyl (C=O) groups excluding carboxylic acids is 1. The molecule has 1 aliphatic rings. The van der Waals surface area contributed by atoms with E-state index in [4.69, 9.17) is 0 Å². The van der Waals surface area contributed by atoms with Gasteiger partial charge in [-0.05, 0) is 11.6 Å². The highest BCUT2D eigenvalue weighted by Crippen LogP contribution is 2.23. The van der Waals surface area contributed by atoms with Crippen LogP contribution < -0.4 is 10.2 Å². The molecule has 0 unspecified atom stereocenters. The van der Waals surface area contributed by atoms with Gasteiger partial charge < -0.3 is 10.2 Å². The lowest BCUT2D eigenvalue weighted by molar-refractivity contribution is -0.121. The Labute approximate surface area is 96.5 Å². The largest absolute Gasteiger partial charge is 0.311 e. The molecule has 1 aromatic rings. The van der Waals surface area contributed by atoms with E-state index < -0.39 is 0 Å². The van der Waals surface area contributed by atoms with E-state index in [1.54, 1.807) is 0 Å². The van der Waals surface area contributed by atoms with Crippen LogP contribution in [0.25, 0.3) is 0 Å². The number of hydrogen-bond acceptors (Lipinski definition) is 2. The maximum absolute atomic E-state index is 12.1. The van der Waals surface area contributed by atoms with Crippen LogP contribution in [-0.4, -0.2) is 19.0 Å². The first-order valence-electron chi connectivity index (χ1n) is 5.80. The molecule has 0 spiro atoms. The highest BCUT2D eigenvalue weighted by atomic mass is 16.2. The molecule has 86 valence electrons. The minimum atomic E-state index is 0.0474. The molecule has 0 aliphatic carbocycles. The maximum atomic E-state index is 12.1. The van der Waals surface area contributed by atoms with E-state index in [1.165, 1.54) is 5.56 Å². The van der Waals surface area contributed by atoms with Gasteiger partial charge in [0.15, 0.2) is 0 Å². The number of fused-ring (bicyclic) bond motifs is 1. The van der Waals surface area contributed by atoms with Gasteiger partial charge in [-0.3, -0.25) is 4.79 Å². The standard InChI is InChI=1S/C13H18N2O/c1-10(2)13(16)15-8-7-14-9-11-5-3-4-6-12(11)15/h3-6,10,14H,7-9H2,1-2H3. The number of nitrogens with zero attached hydrogens (tertiary/aromatic N) is 1. The van der Waals surface area contributed by atoms with Crippen LogP contribution in [0.4, 0.5) is 5.69 Å². The summed E-state index contributed by atoms with van der Waals surface area (Å²) in [5, 5.41) is 3.33. The Morgan fingerprint density at radius 2 is 2.12 bits per heavy atom. The molecule has 1 aliphatic heterocycles. The molecule has 3 nitrogen and oxygen atoms in total. The number of rotatable bonds is 1. The van der Waals surface area contributed by atoms with E-state index in [0.717, 1.165) is 25.3 Å². The molecule has 1 aromatic carbocycles. The second kappa shape index (κ2) is 4.66. The van der Waals surface area contributed by atoms with Crippen molar-refractivity contribution in [3.63, 3.8) is 0 Å². The molecule has 1 heterocycles. The summed E-state index contributed by atoms with van der Waals surface area (Å²) in [6.07, 6.45) is 0. The predicted octanol–water partition coefficient (Wildman–Crippen LogP) is 1.78. The van der Waals surface area contributed by atoms with Gasteiger partial charge in [-0.1, -0.05) is 32.0 Å². The van der Waals surface area contributed by atoms with Crippen LogP contribution in [0.1, 0.15) is 19.4 Å². The van der Waals surface area contributed by atoms with Crippen LogP contribution in [0.5, 0.6) is 0 Å². The Hall–Kier alpha value is -1.35. The molecule has 0 aromatic heterocycles. The Kier molecular flexibility index (Phi) is 3.25. The van der Waals surface area contributed by atoms with Gasteiger partial charge >= 0.3 is 0 Å². The summed E-state index contributed by atoms with van der Waals surface area (Å²) in [5.74, 6) is 0.252. The SMILES string of the molecule is CC(C)C(=O)N1CCNCc2ccccc21. The van der Waals surface area contributed by atoms with E-state index in [0.29, 0.717) is 0 Å². The van der Waals surface area contributed by atoms with Crippen molar-refractivity contribution in [3.05, 3.63) is 29.8 Å². The van der Waals surface area contributed by atoms with Crippen molar-refractivity contribution in [2.75, 3.05) is 18.0 Å². The molecule has 0 bridgehead atoms. The van der Waals surface area contributed by atoms with Crippen molar-refractivity contribution < 1.29 is 4.79 Å². The summed E-state index contributed by atoms with van der Waals surface area (Å²) in [6.45, 7) is 6.35. The normalized spacial score (nSPS) is 15.8. The second-order valence-corrected chi connectivity index (χ2v) is 4.45. The number of benzene rings is 1. The topological polar surface area (TPSA) is 32.3 Å². The Balaban J connectivity index is 2.36. The molecule has 2 rings (SSSR count). The van der Waals surface area contributed by atoms with Crippen molar-refractivity contribution >= 4 is 11.6 Å². The van der Waals surface area contributed by atoms with Crippen LogP contribution in [0.3, 0.4) is 0 Å². The third-order valence-corrected chi connectivity index (χ3v) is 2.87. The number of amides is 1. The quantitative estimate of drug-likeness (QED) is 0.779. The lowest BCUT2D eigenvalue weighted by Crippen LogP contribution is -2.37. The van der Waals surface area contributed by atoms with E-state index in [2.05, 4.69) is 11.4 Å². The molecule has 3 heteroatoms. The molecule has 0 atom stereocenters. The molecule has 0 saturated heterocycles. The summed E-state index contributed by atoms with van der Waals surface area (Å²) in [7, 11) is 0. The van der Waals surface area contributed by atoms with Gasteiger partial charge in [0.05, 0.1) is 0 Å². The van der Waals surface area contributed by atoms with Crippen LogP contribution in [0.2, 0.25) is 0 Å². The second-order valence-electron chi connectivity index (χ2n) is 4.45. The zero-order valence-corrected chi connectivity index (χ0v) is 9.86. The zero-order chi connectivity index (χ0) is 11.5.